The maximum atomic E-state index is 8.94. The zero-order valence-electron chi connectivity index (χ0n) is 10.3. The number of hydrogen-bond donors (Lipinski definition) is 1. The van der Waals surface area contributed by atoms with Crippen molar-refractivity contribution >= 4 is 5.84 Å². The molecule has 0 aromatic heterocycles. The lowest BCUT2D eigenvalue weighted by atomic mass is 10.0. The summed E-state index contributed by atoms with van der Waals surface area (Å²) < 4.78 is 0. The van der Waals surface area contributed by atoms with Crippen LogP contribution in [0.15, 0.2) is 16.3 Å². The highest BCUT2D eigenvalue weighted by Gasteiger charge is 2.07. The van der Waals surface area contributed by atoms with E-state index in [0.717, 1.165) is 12.1 Å². The van der Waals surface area contributed by atoms with Crippen molar-refractivity contribution < 1.29 is 0 Å². The molecule has 3 nitrogen and oxygen atoms in total. The molecular formula is C12H21N3. The van der Waals surface area contributed by atoms with Crippen LogP contribution in [0.4, 0.5) is 0 Å². The molecule has 0 saturated heterocycles. The largest absolute Gasteiger partial charge is 0.387 e. The van der Waals surface area contributed by atoms with Gasteiger partial charge < -0.3 is 5.73 Å². The molecule has 0 radical (unpaired) electrons. The summed E-state index contributed by atoms with van der Waals surface area (Å²) in [4.78, 5) is 4.26. The molecule has 0 spiro atoms. The van der Waals surface area contributed by atoms with Crippen LogP contribution in [-0.2, 0) is 0 Å². The highest BCUT2D eigenvalue weighted by atomic mass is 14.9. The van der Waals surface area contributed by atoms with E-state index in [1.807, 2.05) is 20.8 Å². The van der Waals surface area contributed by atoms with E-state index in [2.05, 4.69) is 24.9 Å². The first-order valence-corrected chi connectivity index (χ1v) is 5.32. The summed E-state index contributed by atoms with van der Waals surface area (Å²) in [6.45, 7) is 9.99. The van der Waals surface area contributed by atoms with Gasteiger partial charge in [-0.1, -0.05) is 27.7 Å². The Hall–Kier alpha value is -1.30. The molecule has 0 aromatic carbocycles. The van der Waals surface area contributed by atoms with Crippen LogP contribution in [0.3, 0.4) is 0 Å². The first-order chi connectivity index (χ1) is 6.88. The van der Waals surface area contributed by atoms with Gasteiger partial charge in [0, 0.05) is 6.42 Å². The average Bonchev–Trinajstić information content (AvgIpc) is 2.01. The number of aliphatic imine (C=N–C) groups is 1. The molecule has 84 valence electrons. The van der Waals surface area contributed by atoms with Crippen LogP contribution in [0.1, 0.15) is 41.0 Å². The summed E-state index contributed by atoms with van der Waals surface area (Å²) >= 11 is 0. The van der Waals surface area contributed by atoms with Gasteiger partial charge in [0.05, 0.1) is 23.2 Å². The molecule has 0 unspecified atom stereocenters. The van der Waals surface area contributed by atoms with Gasteiger partial charge in [0.25, 0.3) is 0 Å². The van der Waals surface area contributed by atoms with Crippen LogP contribution < -0.4 is 5.73 Å². The molecule has 0 rings (SSSR count). The minimum atomic E-state index is 0.200. The van der Waals surface area contributed by atoms with Crippen LogP contribution in [0, 0.1) is 23.2 Å². The van der Waals surface area contributed by atoms with Crippen LogP contribution >= 0.6 is 0 Å². The molecule has 0 bridgehead atoms. The normalized spacial score (nSPS) is 14.1. The Bertz CT molecular complexity index is 303. The van der Waals surface area contributed by atoms with E-state index in [9.17, 15) is 0 Å². The Kier molecular flexibility index (Phi) is 5.69. The van der Waals surface area contributed by atoms with Crippen molar-refractivity contribution in [2.75, 3.05) is 0 Å². The van der Waals surface area contributed by atoms with Gasteiger partial charge in [-0.3, -0.25) is 0 Å². The number of nitrogens with two attached hydrogens (primary N) is 1. The van der Waals surface area contributed by atoms with Gasteiger partial charge in [0.2, 0.25) is 0 Å². The van der Waals surface area contributed by atoms with E-state index in [4.69, 9.17) is 11.0 Å². The third-order valence-electron chi connectivity index (χ3n) is 2.02. The fourth-order valence-corrected chi connectivity index (χ4v) is 1.37. The molecular weight excluding hydrogens is 186 g/mol. The Morgan fingerprint density at radius 2 is 1.87 bits per heavy atom. The van der Waals surface area contributed by atoms with E-state index < -0.39 is 0 Å². The van der Waals surface area contributed by atoms with Gasteiger partial charge >= 0.3 is 0 Å². The molecule has 0 aromatic rings. The Labute approximate surface area is 92.7 Å². The molecule has 0 aliphatic heterocycles. The maximum Gasteiger partial charge on any atom is 0.0995 e. The molecule has 0 heterocycles. The van der Waals surface area contributed by atoms with Crippen molar-refractivity contribution in [1.29, 1.82) is 5.26 Å². The highest BCUT2D eigenvalue weighted by Crippen LogP contribution is 2.15. The number of nitriles is 1. The Balaban J connectivity index is 4.85. The lowest BCUT2D eigenvalue weighted by Gasteiger charge is -2.07. The van der Waals surface area contributed by atoms with Crippen molar-refractivity contribution in [3.63, 3.8) is 0 Å². The molecule has 0 atom stereocenters. The second-order valence-corrected chi connectivity index (χ2v) is 4.47. The van der Waals surface area contributed by atoms with E-state index in [0.29, 0.717) is 17.3 Å². The summed E-state index contributed by atoms with van der Waals surface area (Å²) in [6.07, 6.45) is 0.772. The quantitative estimate of drug-likeness (QED) is 0.437. The highest BCUT2D eigenvalue weighted by molar-refractivity contribution is 5.81. The minimum Gasteiger partial charge on any atom is -0.387 e. The number of amidine groups is 1. The number of allylic oxidation sites excluding steroid dienone is 2. The van der Waals surface area contributed by atoms with E-state index in [1.54, 1.807) is 0 Å². The predicted octanol–water partition coefficient (Wildman–Crippen LogP) is 2.84. The summed E-state index contributed by atoms with van der Waals surface area (Å²) in [7, 11) is 0. The third-order valence-corrected chi connectivity index (χ3v) is 2.02. The lowest BCUT2D eigenvalue weighted by Crippen LogP contribution is -2.14. The van der Waals surface area contributed by atoms with Crippen LogP contribution in [0.5, 0.6) is 0 Å². The van der Waals surface area contributed by atoms with Crippen LogP contribution in [0.25, 0.3) is 0 Å². The Morgan fingerprint density at radius 1 is 1.33 bits per heavy atom. The second kappa shape index (κ2) is 6.23. The van der Waals surface area contributed by atoms with Gasteiger partial charge in [0.15, 0.2) is 0 Å². The van der Waals surface area contributed by atoms with E-state index >= 15 is 0 Å². The molecule has 0 aliphatic carbocycles. The average molecular weight is 207 g/mol. The van der Waals surface area contributed by atoms with Crippen LogP contribution in [-0.4, -0.2) is 5.84 Å². The number of rotatable bonds is 4. The third kappa shape index (κ3) is 5.21. The van der Waals surface area contributed by atoms with E-state index in [1.165, 1.54) is 0 Å². The minimum absolute atomic E-state index is 0.200. The van der Waals surface area contributed by atoms with Gasteiger partial charge in [-0.15, -0.1) is 0 Å². The zero-order valence-corrected chi connectivity index (χ0v) is 10.3. The molecule has 2 N–H and O–H groups in total. The monoisotopic (exact) mass is 207 g/mol. The van der Waals surface area contributed by atoms with Crippen molar-refractivity contribution in [2.24, 2.45) is 22.6 Å². The number of hydrogen-bond acceptors (Lipinski definition) is 2. The fourth-order valence-electron chi connectivity index (χ4n) is 1.37. The SMILES string of the molecule is CC(/N=C(\N)CC(C)C)=C(\C#N)C(C)C. The first-order valence-electron chi connectivity index (χ1n) is 5.32. The molecule has 0 saturated carbocycles. The molecule has 0 amide bonds. The van der Waals surface area contributed by atoms with Gasteiger partial charge in [-0.2, -0.15) is 5.26 Å². The molecule has 15 heavy (non-hydrogen) atoms. The van der Waals surface area contributed by atoms with Crippen molar-refractivity contribution in [3.05, 3.63) is 11.3 Å². The predicted molar refractivity (Wildman–Crippen MR) is 64.2 cm³/mol. The van der Waals surface area contributed by atoms with Crippen LogP contribution in [0.2, 0.25) is 0 Å². The van der Waals surface area contributed by atoms with Gasteiger partial charge in [-0.25, -0.2) is 4.99 Å². The maximum absolute atomic E-state index is 8.94. The first kappa shape index (κ1) is 13.7. The second-order valence-electron chi connectivity index (χ2n) is 4.47. The summed E-state index contributed by atoms with van der Waals surface area (Å²) in [5, 5.41) is 8.94. The zero-order chi connectivity index (χ0) is 12.0. The van der Waals surface area contributed by atoms with Gasteiger partial charge in [0.1, 0.15) is 0 Å². The van der Waals surface area contributed by atoms with E-state index in [-0.39, 0.29) is 5.92 Å². The molecule has 0 fully saturated rings. The number of nitrogens with zero attached hydrogens (tertiary/aromatic N) is 2. The Morgan fingerprint density at radius 3 is 2.20 bits per heavy atom. The lowest BCUT2D eigenvalue weighted by molar-refractivity contribution is 0.680. The van der Waals surface area contributed by atoms with Crippen molar-refractivity contribution in [1.82, 2.24) is 0 Å². The topological polar surface area (TPSA) is 62.2 Å². The summed E-state index contributed by atoms with van der Waals surface area (Å²) in [5.41, 5.74) is 7.23. The summed E-state index contributed by atoms with van der Waals surface area (Å²) in [6, 6.07) is 2.18. The molecule has 0 aliphatic rings. The summed E-state index contributed by atoms with van der Waals surface area (Å²) in [5.74, 6) is 1.30. The smallest absolute Gasteiger partial charge is 0.0995 e. The molecule has 3 heteroatoms. The van der Waals surface area contributed by atoms with Crippen molar-refractivity contribution in [2.45, 2.75) is 41.0 Å². The van der Waals surface area contributed by atoms with Gasteiger partial charge in [-0.05, 0) is 18.8 Å². The fraction of sp³-hybridized carbons (Fsp3) is 0.667. The standard InChI is InChI=1S/C12H21N3/c1-8(2)6-12(14)15-10(5)11(7-13)9(3)4/h8-9H,6H2,1-5H3,(H2,14,15)/b11-10-. The van der Waals surface area contributed by atoms with Crippen molar-refractivity contribution in [3.8, 4) is 6.07 Å².